The van der Waals surface area contributed by atoms with Crippen LogP contribution in [0.2, 0.25) is 0 Å². The van der Waals surface area contributed by atoms with Crippen LogP contribution in [0.3, 0.4) is 0 Å². The van der Waals surface area contributed by atoms with Gasteiger partial charge in [-0.05, 0) is 67.2 Å². The molecule has 4 heteroatoms. The van der Waals surface area contributed by atoms with Gasteiger partial charge < -0.3 is 4.90 Å². The standard InChI is InChI=1S/C25H25N3O/c1-27-15-6-11-23(27)19-12-13-22(26-17-19)25(29)28-16-14-21-20(9-5-10-24(21)28)18-7-3-2-4-8-18/h2-5,7-10,12-13,17,23H,6,11,14-16H2,1H3. The highest BCUT2D eigenvalue weighted by Crippen LogP contribution is 2.37. The minimum Gasteiger partial charge on any atom is -0.306 e. The van der Waals surface area contributed by atoms with E-state index < -0.39 is 0 Å². The number of carbonyl (C=O) groups is 1. The first-order valence-electron chi connectivity index (χ1n) is 10.4. The topological polar surface area (TPSA) is 36.4 Å². The van der Waals surface area contributed by atoms with Crippen molar-refractivity contribution in [1.29, 1.82) is 0 Å². The van der Waals surface area contributed by atoms with Crippen LogP contribution in [0.4, 0.5) is 5.69 Å². The quantitative estimate of drug-likeness (QED) is 0.657. The van der Waals surface area contributed by atoms with Gasteiger partial charge in [-0.2, -0.15) is 0 Å². The van der Waals surface area contributed by atoms with Gasteiger partial charge in [0, 0.05) is 24.5 Å². The molecule has 0 spiro atoms. The maximum absolute atomic E-state index is 13.2. The van der Waals surface area contributed by atoms with E-state index in [-0.39, 0.29) is 5.91 Å². The summed E-state index contributed by atoms with van der Waals surface area (Å²) >= 11 is 0. The summed E-state index contributed by atoms with van der Waals surface area (Å²) in [5.74, 6) is -0.0136. The lowest BCUT2D eigenvalue weighted by atomic mass is 9.98. The summed E-state index contributed by atoms with van der Waals surface area (Å²) in [4.78, 5) is 22.0. The Kier molecular flexibility index (Phi) is 4.64. The van der Waals surface area contributed by atoms with Crippen molar-refractivity contribution in [2.24, 2.45) is 0 Å². The first kappa shape index (κ1) is 18.1. The molecule has 2 aliphatic heterocycles. The third kappa shape index (κ3) is 3.23. The number of carbonyl (C=O) groups excluding carboxylic acids is 1. The van der Waals surface area contributed by atoms with E-state index >= 15 is 0 Å². The van der Waals surface area contributed by atoms with Gasteiger partial charge in [0.15, 0.2) is 0 Å². The average Bonchev–Trinajstić information content (AvgIpc) is 3.40. The molecule has 1 amide bonds. The number of anilines is 1. The van der Waals surface area contributed by atoms with Crippen molar-refractivity contribution < 1.29 is 4.79 Å². The summed E-state index contributed by atoms with van der Waals surface area (Å²) < 4.78 is 0. The van der Waals surface area contributed by atoms with Crippen molar-refractivity contribution in [3.8, 4) is 11.1 Å². The van der Waals surface area contributed by atoms with Gasteiger partial charge >= 0.3 is 0 Å². The van der Waals surface area contributed by atoms with E-state index in [9.17, 15) is 4.79 Å². The molecule has 5 rings (SSSR count). The summed E-state index contributed by atoms with van der Waals surface area (Å²) in [6, 6.07) is 21.0. The second kappa shape index (κ2) is 7.45. The number of aromatic nitrogens is 1. The minimum absolute atomic E-state index is 0.0136. The first-order valence-corrected chi connectivity index (χ1v) is 10.4. The van der Waals surface area contributed by atoms with Crippen LogP contribution in [0.1, 0.15) is 40.5 Å². The molecule has 0 saturated carbocycles. The molecule has 3 aromatic rings. The fraction of sp³-hybridized carbons (Fsp3) is 0.280. The number of benzene rings is 2. The molecule has 0 N–H and O–H groups in total. The second-order valence-electron chi connectivity index (χ2n) is 7.99. The molecule has 1 aromatic heterocycles. The molecule has 146 valence electrons. The SMILES string of the molecule is CN1CCCC1c1ccc(C(=O)N2CCc3c(-c4ccccc4)cccc32)nc1. The van der Waals surface area contributed by atoms with Gasteiger partial charge in [-0.25, -0.2) is 0 Å². The summed E-state index contributed by atoms with van der Waals surface area (Å²) in [5, 5.41) is 0. The van der Waals surface area contributed by atoms with E-state index in [1.807, 2.05) is 29.3 Å². The smallest absolute Gasteiger partial charge is 0.276 e. The van der Waals surface area contributed by atoms with E-state index in [1.165, 1.54) is 28.7 Å². The van der Waals surface area contributed by atoms with Crippen LogP contribution in [0, 0.1) is 0 Å². The Bertz CT molecular complexity index is 1030. The Morgan fingerprint density at radius 2 is 1.86 bits per heavy atom. The number of fused-ring (bicyclic) bond motifs is 1. The number of hydrogen-bond donors (Lipinski definition) is 0. The number of hydrogen-bond acceptors (Lipinski definition) is 3. The average molecular weight is 383 g/mol. The summed E-state index contributed by atoms with van der Waals surface area (Å²) in [5.41, 5.74) is 6.39. The maximum Gasteiger partial charge on any atom is 0.276 e. The number of pyridine rings is 1. The molecule has 1 unspecified atom stereocenters. The molecule has 1 saturated heterocycles. The summed E-state index contributed by atoms with van der Waals surface area (Å²) in [7, 11) is 2.15. The van der Waals surface area contributed by atoms with Crippen molar-refractivity contribution in [3.63, 3.8) is 0 Å². The minimum atomic E-state index is -0.0136. The highest BCUT2D eigenvalue weighted by atomic mass is 16.2. The van der Waals surface area contributed by atoms with Crippen LogP contribution in [0.25, 0.3) is 11.1 Å². The molecular formula is C25H25N3O. The van der Waals surface area contributed by atoms with E-state index in [2.05, 4.69) is 59.4 Å². The molecule has 0 aliphatic carbocycles. The van der Waals surface area contributed by atoms with Gasteiger partial charge in [0.05, 0.1) is 0 Å². The predicted octanol–water partition coefficient (Wildman–Crippen LogP) is 4.72. The second-order valence-corrected chi connectivity index (χ2v) is 7.99. The molecule has 1 atom stereocenters. The molecule has 1 fully saturated rings. The predicted molar refractivity (Wildman–Crippen MR) is 116 cm³/mol. The van der Waals surface area contributed by atoms with Crippen LogP contribution in [-0.2, 0) is 6.42 Å². The van der Waals surface area contributed by atoms with E-state index in [0.29, 0.717) is 18.3 Å². The number of amides is 1. The zero-order valence-corrected chi connectivity index (χ0v) is 16.7. The van der Waals surface area contributed by atoms with Crippen LogP contribution in [0.15, 0.2) is 66.9 Å². The van der Waals surface area contributed by atoms with Crippen LogP contribution in [-0.4, -0.2) is 35.9 Å². The normalized spacial score (nSPS) is 18.8. The van der Waals surface area contributed by atoms with Gasteiger partial charge in [-0.15, -0.1) is 0 Å². The molecule has 0 radical (unpaired) electrons. The number of likely N-dealkylation sites (tertiary alicyclic amines) is 1. The third-order valence-corrected chi connectivity index (χ3v) is 6.27. The third-order valence-electron chi connectivity index (χ3n) is 6.27. The van der Waals surface area contributed by atoms with Crippen molar-refractivity contribution in [2.75, 3.05) is 25.0 Å². The van der Waals surface area contributed by atoms with Crippen LogP contribution < -0.4 is 4.90 Å². The summed E-state index contributed by atoms with van der Waals surface area (Å²) in [6.45, 7) is 1.83. The van der Waals surface area contributed by atoms with Gasteiger partial charge in [-0.1, -0.05) is 48.5 Å². The van der Waals surface area contributed by atoms with Gasteiger partial charge in [0.25, 0.3) is 5.91 Å². The monoisotopic (exact) mass is 383 g/mol. The van der Waals surface area contributed by atoms with Gasteiger partial charge in [0.2, 0.25) is 0 Å². The van der Waals surface area contributed by atoms with Crippen molar-refractivity contribution >= 4 is 11.6 Å². The highest BCUT2D eigenvalue weighted by molar-refractivity contribution is 6.06. The highest BCUT2D eigenvalue weighted by Gasteiger charge is 2.29. The molecule has 2 aliphatic rings. The number of nitrogens with zero attached hydrogens (tertiary/aromatic N) is 3. The zero-order chi connectivity index (χ0) is 19.8. The molecular weight excluding hydrogens is 358 g/mol. The fourth-order valence-electron chi connectivity index (χ4n) is 4.73. The lowest BCUT2D eigenvalue weighted by Crippen LogP contribution is -2.29. The summed E-state index contributed by atoms with van der Waals surface area (Å²) in [6.07, 6.45) is 5.14. The molecule has 2 aromatic carbocycles. The van der Waals surface area contributed by atoms with E-state index in [4.69, 9.17) is 0 Å². The van der Waals surface area contributed by atoms with Crippen LogP contribution in [0.5, 0.6) is 0 Å². The fourth-order valence-corrected chi connectivity index (χ4v) is 4.73. The van der Waals surface area contributed by atoms with Crippen molar-refractivity contribution in [3.05, 3.63) is 83.7 Å². The first-order chi connectivity index (χ1) is 14.2. The molecule has 29 heavy (non-hydrogen) atoms. The Hall–Kier alpha value is -2.98. The van der Waals surface area contributed by atoms with Crippen molar-refractivity contribution in [2.45, 2.75) is 25.3 Å². The van der Waals surface area contributed by atoms with Gasteiger partial charge in [0.1, 0.15) is 5.69 Å². The lowest BCUT2D eigenvalue weighted by Gasteiger charge is -2.20. The van der Waals surface area contributed by atoms with Crippen molar-refractivity contribution in [1.82, 2.24) is 9.88 Å². The maximum atomic E-state index is 13.2. The van der Waals surface area contributed by atoms with E-state index in [0.717, 1.165) is 25.1 Å². The van der Waals surface area contributed by atoms with Crippen LogP contribution >= 0.6 is 0 Å². The Morgan fingerprint density at radius 1 is 1.00 bits per heavy atom. The van der Waals surface area contributed by atoms with Gasteiger partial charge in [-0.3, -0.25) is 14.7 Å². The largest absolute Gasteiger partial charge is 0.306 e. The molecule has 4 nitrogen and oxygen atoms in total. The Balaban J connectivity index is 1.42. The number of rotatable bonds is 3. The Labute approximate surface area is 171 Å². The van der Waals surface area contributed by atoms with E-state index in [1.54, 1.807) is 0 Å². The molecule has 3 heterocycles. The zero-order valence-electron chi connectivity index (χ0n) is 16.7. The lowest BCUT2D eigenvalue weighted by molar-refractivity contribution is 0.0984. The Morgan fingerprint density at radius 3 is 2.59 bits per heavy atom. The molecule has 0 bridgehead atoms.